The van der Waals surface area contributed by atoms with E-state index in [-0.39, 0.29) is 0 Å². The summed E-state index contributed by atoms with van der Waals surface area (Å²) >= 11 is 0. The van der Waals surface area contributed by atoms with Gasteiger partial charge < -0.3 is 34.8 Å². The highest BCUT2D eigenvalue weighted by Gasteiger charge is 2.44. The number of aliphatic hydroxyl groups is 5. The number of hydrogen-bond acceptors (Lipinski definition) is 6. The third kappa shape index (κ3) is 5.02. The molecule has 0 amide bonds. The number of benzene rings is 2. The van der Waals surface area contributed by atoms with Crippen LogP contribution in [0.5, 0.6) is 0 Å². The summed E-state index contributed by atoms with van der Waals surface area (Å²) in [4.78, 5) is 0. The third-order valence-corrected chi connectivity index (χ3v) is 6.48. The zero-order chi connectivity index (χ0) is 24.6. The zero-order valence-electron chi connectivity index (χ0n) is 19.3. The molecule has 0 radical (unpaired) electrons. The molecule has 0 spiro atoms. The van der Waals surface area contributed by atoms with Crippen molar-refractivity contribution in [1.29, 1.82) is 0 Å². The van der Waals surface area contributed by atoms with Crippen molar-refractivity contribution < 1.29 is 34.7 Å². The van der Waals surface area contributed by atoms with Crippen molar-refractivity contribution in [3.05, 3.63) is 71.2 Å². The quantitative estimate of drug-likeness (QED) is 0.359. The van der Waals surface area contributed by atoms with E-state index in [0.717, 1.165) is 17.5 Å². The van der Waals surface area contributed by atoms with Crippen LogP contribution in [-0.2, 0) is 17.7 Å². The summed E-state index contributed by atoms with van der Waals surface area (Å²) in [5.74, 6) is -0.435. The van der Waals surface area contributed by atoms with Crippen molar-refractivity contribution in [2.24, 2.45) is 0 Å². The van der Waals surface area contributed by atoms with Crippen LogP contribution in [-0.4, -0.2) is 66.7 Å². The molecule has 4 rings (SSSR count). The molecular weight excluding hydrogens is 441 g/mol. The number of aromatic nitrogens is 1. The molecule has 8 heteroatoms. The van der Waals surface area contributed by atoms with Crippen LogP contribution in [0, 0.1) is 5.82 Å². The number of aryl methyl sites for hydroxylation is 1. The van der Waals surface area contributed by atoms with Gasteiger partial charge in [0, 0.05) is 23.7 Å². The lowest BCUT2D eigenvalue weighted by molar-refractivity contribution is -0.231. The van der Waals surface area contributed by atoms with E-state index in [2.05, 4.69) is 0 Å². The molecule has 5 N–H and O–H groups in total. The fourth-order valence-corrected chi connectivity index (χ4v) is 4.51. The Bertz CT molecular complexity index is 1120. The second kappa shape index (κ2) is 9.73. The van der Waals surface area contributed by atoms with Crippen LogP contribution in [0.25, 0.3) is 10.9 Å². The smallest absolute Gasteiger partial charge is 0.147 e. The van der Waals surface area contributed by atoms with Gasteiger partial charge in [0.2, 0.25) is 0 Å². The number of fused-ring (bicyclic) bond motifs is 1. The lowest BCUT2D eigenvalue weighted by atomic mass is 9.91. The topological polar surface area (TPSA) is 115 Å². The van der Waals surface area contributed by atoms with E-state index in [0.29, 0.717) is 29.4 Å². The summed E-state index contributed by atoms with van der Waals surface area (Å²) in [5.41, 5.74) is 2.10. The Kier molecular flexibility index (Phi) is 7.09. The van der Waals surface area contributed by atoms with Crippen LogP contribution in [0.1, 0.15) is 43.1 Å². The van der Waals surface area contributed by atoms with Gasteiger partial charge >= 0.3 is 0 Å². The minimum Gasteiger partial charge on any atom is -0.394 e. The maximum absolute atomic E-state index is 14.9. The summed E-state index contributed by atoms with van der Waals surface area (Å²) < 4.78 is 22.4. The van der Waals surface area contributed by atoms with Gasteiger partial charge in [0.15, 0.2) is 0 Å². The number of hydrogen-bond donors (Lipinski definition) is 5. The summed E-state index contributed by atoms with van der Waals surface area (Å²) in [7, 11) is 0. The number of aliphatic hydroxyl groups excluding tert-OH is 4. The lowest BCUT2D eigenvalue weighted by Gasteiger charge is -2.40. The second-order valence-electron chi connectivity index (χ2n) is 9.73. The monoisotopic (exact) mass is 473 g/mol. The SMILES string of the molecule is CC(C)(O)CCc1ccc(Cn2cc([C@@H]3O[C@H](CO)[C@@H](O)[C@H](O)[C@H]3O)c3cccc(F)c32)cc1. The minimum atomic E-state index is -1.51. The molecule has 0 unspecified atom stereocenters. The molecule has 0 aliphatic carbocycles. The van der Waals surface area contributed by atoms with E-state index in [1.165, 1.54) is 6.07 Å². The van der Waals surface area contributed by atoms with Crippen molar-refractivity contribution in [1.82, 2.24) is 4.57 Å². The fraction of sp³-hybridized carbons (Fsp3) is 0.462. The van der Waals surface area contributed by atoms with Crippen LogP contribution < -0.4 is 0 Å². The van der Waals surface area contributed by atoms with Gasteiger partial charge in [0.05, 0.1) is 17.7 Å². The maximum Gasteiger partial charge on any atom is 0.147 e. The van der Waals surface area contributed by atoms with E-state index < -0.39 is 48.5 Å². The van der Waals surface area contributed by atoms with E-state index in [1.807, 2.05) is 24.3 Å². The van der Waals surface area contributed by atoms with Gasteiger partial charge in [-0.25, -0.2) is 4.39 Å². The molecule has 2 aromatic carbocycles. The van der Waals surface area contributed by atoms with Crippen molar-refractivity contribution in [2.45, 2.75) is 69.4 Å². The fourth-order valence-electron chi connectivity index (χ4n) is 4.51. The Morgan fingerprint density at radius 2 is 1.65 bits per heavy atom. The largest absolute Gasteiger partial charge is 0.394 e. The first-order chi connectivity index (χ1) is 16.1. The van der Waals surface area contributed by atoms with E-state index in [1.54, 1.807) is 36.7 Å². The van der Waals surface area contributed by atoms with Crippen molar-refractivity contribution in [3.8, 4) is 0 Å². The molecule has 1 aliphatic heterocycles. The van der Waals surface area contributed by atoms with Gasteiger partial charge in [0.1, 0.15) is 36.3 Å². The standard InChI is InChI=1S/C26H32FNO6/c1-26(2,33)11-10-15-6-8-16(9-7-15)12-28-13-18(17-4-3-5-19(27)21(17)28)25-24(32)23(31)22(30)20(14-29)34-25/h3-9,13,20,22-25,29-33H,10-12,14H2,1-2H3/t20-,22-,23+,24-,25+/m1/s1. The second-order valence-corrected chi connectivity index (χ2v) is 9.73. The Balaban J connectivity index is 1.65. The summed E-state index contributed by atoms with van der Waals surface area (Å²) in [6.07, 6.45) is -3.46. The van der Waals surface area contributed by atoms with Gasteiger partial charge in [-0.05, 0) is 43.9 Å². The predicted octanol–water partition coefficient (Wildman–Crippen LogP) is 2.05. The highest BCUT2D eigenvalue weighted by Crippen LogP contribution is 2.38. The van der Waals surface area contributed by atoms with E-state index in [4.69, 9.17) is 4.74 Å². The Morgan fingerprint density at radius 3 is 2.29 bits per heavy atom. The minimum absolute atomic E-state index is 0.334. The molecule has 7 nitrogen and oxygen atoms in total. The molecule has 1 aliphatic rings. The highest BCUT2D eigenvalue weighted by atomic mass is 19.1. The summed E-state index contributed by atoms with van der Waals surface area (Å²) in [6, 6.07) is 12.5. The van der Waals surface area contributed by atoms with Crippen LogP contribution in [0.4, 0.5) is 4.39 Å². The number of para-hydroxylation sites is 1. The van der Waals surface area contributed by atoms with Crippen molar-refractivity contribution in [2.75, 3.05) is 6.61 Å². The number of nitrogens with zero attached hydrogens (tertiary/aromatic N) is 1. The molecule has 5 atom stereocenters. The molecule has 0 bridgehead atoms. The normalized spacial score (nSPS) is 25.7. The van der Waals surface area contributed by atoms with Gasteiger partial charge in [-0.2, -0.15) is 0 Å². The number of ether oxygens (including phenoxy) is 1. The van der Waals surface area contributed by atoms with Crippen LogP contribution >= 0.6 is 0 Å². The first kappa shape index (κ1) is 24.8. The van der Waals surface area contributed by atoms with Gasteiger partial charge in [-0.3, -0.25) is 0 Å². The molecule has 2 heterocycles. The van der Waals surface area contributed by atoms with Gasteiger partial charge in [0.25, 0.3) is 0 Å². The molecule has 1 fully saturated rings. The zero-order valence-corrected chi connectivity index (χ0v) is 19.3. The van der Waals surface area contributed by atoms with Crippen molar-refractivity contribution >= 4 is 10.9 Å². The maximum atomic E-state index is 14.9. The van der Waals surface area contributed by atoms with E-state index in [9.17, 15) is 29.9 Å². The summed E-state index contributed by atoms with van der Waals surface area (Å²) in [5, 5.41) is 50.9. The first-order valence-corrected chi connectivity index (χ1v) is 11.5. The number of rotatable bonds is 7. The Morgan fingerprint density at radius 1 is 0.971 bits per heavy atom. The van der Waals surface area contributed by atoms with Crippen LogP contribution in [0.2, 0.25) is 0 Å². The summed E-state index contributed by atoms with van der Waals surface area (Å²) in [6.45, 7) is 3.38. The molecule has 1 aromatic heterocycles. The predicted molar refractivity (Wildman–Crippen MR) is 125 cm³/mol. The molecule has 0 saturated carbocycles. The van der Waals surface area contributed by atoms with Gasteiger partial charge in [-0.15, -0.1) is 0 Å². The average molecular weight is 474 g/mol. The van der Waals surface area contributed by atoms with Crippen LogP contribution in [0.15, 0.2) is 48.7 Å². The lowest BCUT2D eigenvalue weighted by Crippen LogP contribution is -2.55. The molecular formula is C26H32FNO6. The average Bonchev–Trinajstić information content (AvgIpc) is 3.16. The Labute approximate surface area is 197 Å². The van der Waals surface area contributed by atoms with Crippen molar-refractivity contribution in [3.63, 3.8) is 0 Å². The number of halogens is 1. The van der Waals surface area contributed by atoms with Gasteiger partial charge in [-0.1, -0.05) is 36.4 Å². The van der Waals surface area contributed by atoms with Crippen LogP contribution in [0.3, 0.4) is 0 Å². The first-order valence-electron chi connectivity index (χ1n) is 11.5. The third-order valence-electron chi connectivity index (χ3n) is 6.48. The molecule has 3 aromatic rings. The molecule has 184 valence electrons. The Hall–Kier alpha value is -2.33. The molecule has 34 heavy (non-hydrogen) atoms. The molecule has 1 saturated heterocycles. The highest BCUT2D eigenvalue weighted by molar-refractivity contribution is 5.85. The van der Waals surface area contributed by atoms with E-state index >= 15 is 0 Å².